The summed E-state index contributed by atoms with van der Waals surface area (Å²) >= 11 is 0. The maximum atomic E-state index is 9.14. The van der Waals surface area contributed by atoms with Crippen LogP contribution in [0.1, 0.15) is 6.92 Å². The van der Waals surface area contributed by atoms with E-state index in [1.165, 1.54) is 0 Å². The monoisotopic (exact) mass is 183 g/mol. The van der Waals surface area contributed by atoms with E-state index >= 15 is 0 Å². The highest BCUT2D eigenvalue weighted by Crippen LogP contribution is 2.09. The Morgan fingerprint density at radius 1 is 1.18 bits per heavy atom. The Labute approximate surface area is 71.6 Å². The molecule has 1 rings (SSSR count). The Balaban J connectivity index is 0.000001000. The molecular weight excluding hydrogens is 170 g/mol. The van der Waals surface area contributed by atoms with Gasteiger partial charge in [0.1, 0.15) is 6.10 Å². The largest absolute Gasteiger partial charge is 0.389 e. The topological polar surface area (TPSA) is 72.7 Å². The fourth-order valence-corrected chi connectivity index (χ4v) is 1.07. The molecule has 1 saturated heterocycles. The molecule has 4 atom stereocenters. The molecule has 0 bridgehead atoms. The van der Waals surface area contributed by atoms with Gasteiger partial charge >= 0.3 is 0 Å². The van der Waals surface area contributed by atoms with Gasteiger partial charge in [0, 0.05) is 12.6 Å². The van der Waals surface area contributed by atoms with Crippen molar-refractivity contribution in [2.24, 2.45) is 0 Å². The Morgan fingerprint density at radius 2 is 1.73 bits per heavy atom. The summed E-state index contributed by atoms with van der Waals surface area (Å²) in [5.41, 5.74) is 0. The Hall–Kier alpha value is 0.130. The molecule has 4 N–H and O–H groups in total. The fourth-order valence-electron chi connectivity index (χ4n) is 1.07. The van der Waals surface area contributed by atoms with Crippen molar-refractivity contribution in [3.05, 3.63) is 0 Å². The van der Waals surface area contributed by atoms with E-state index in [-0.39, 0.29) is 18.4 Å². The van der Waals surface area contributed by atoms with Crippen LogP contribution in [0.25, 0.3) is 0 Å². The number of piperidine rings is 1. The van der Waals surface area contributed by atoms with Gasteiger partial charge in [-0.15, -0.1) is 12.4 Å². The van der Waals surface area contributed by atoms with E-state index in [1.807, 2.05) is 0 Å². The van der Waals surface area contributed by atoms with Crippen LogP contribution in [0.4, 0.5) is 0 Å². The maximum absolute atomic E-state index is 9.14. The molecule has 1 fully saturated rings. The van der Waals surface area contributed by atoms with Crippen LogP contribution < -0.4 is 5.32 Å². The molecule has 68 valence electrons. The van der Waals surface area contributed by atoms with Gasteiger partial charge in [-0.3, -0.25) is 0 Å². The summed E-state index contributed by atoms with van der Waals surface area (Å²) in [5.74, 6) is 0. The van der Waals surface area contributed by atoms with E-state index in [0.717, 1.165) is 0 Å². The minimum Gasteiger partial charge on any atom is -0.389 e. The van der Waals surface area contributed by atoms with Crippen molar-refractivity contribution >= 4 is 12.4 Å². The first-order chi connectivity index (χ1) is 4.63. The smallest absolute Gasteiger partial charge is 0.108 e. The van der Waals surface area contributed by atoms with Gasteiger partial charge in [0.05, 0.1) is 12.2 Å². The Morgan fingerprint density at radius 3 is 2.18 bits per heavy atom. The molecule has 0 aromatic rings. The molecule has 0 aliphatic carbocycles. The number of aliphatic hydroxyl groups excluding tert-OH is 3. The third-order valence-electron chi connectivity index (χ3n) is 1.91. The van der Waals surface area contributed by atoms with Crippen molar-refractivity contribution in [3.63, 3.8) is 0 Å². The van der Waals surface area contributed by atoms with Gasteiger partial charge in [-0.1, -0.05) is 0 Å². The molecule has 0 amide bonds. The minimum absolute atomic E-state index is 0. The molecule has 0 saturated carbocycles. The zero-order valence-corrected chi connectivity index (χ0v) is 7.08. The van der Waals surface area contributed by atoms with Gasteiger partial charge in [0.15, 0.2) is 0 Å². The molecule has 11 heavy (non-hydrogen) atoms. The third-order valence-corrected chi connectivity index (χ3v) is 1.91. The van der Waals surface area contributed by atoms with Crippen LogP contribution in [0, 0.1) is 0 Å². The van der Waals surface area contributed by atoms with Gasteiger partial charge in [-0.25, -0.2) is 0 Å². The molecule has 4 nitrogen and oxygen atoms in total. The number of halogens is 1. The summed E-state index contributed by atoms with van der Waals surface area (Å²) in [6, 6.07) is -0.140. The molecule has 5 heteroatoms. The second-order valence-electron chi connectivity index (χ2n) is 2.75. The summed E-state index contributed by atoms with van der Waals surface area (Å²) in [6.45, 7) is 2.11. The normalized spacial score (nSPS) is 44.7. The first-order valence-corrected chi connectivity index (χ1v) is 3.40. The Kier molecular flexibility index (Phi) is 4.28. The van der Waals surface area contributed by atoms with Crippen LogP contribution in [0.2, 0.25) is 0 Å². The van der Waals surface area contributed by atoms with E-state index in [9.17, 15) is 0 Å². The number of nitrogens with one attached hydrogen (secondary N) is 1. The highest BCUT2D eigenvalue weighted by Gasteiger charge is 2.33. The SMILES string of the molecule is CC1NCC(O)C(O)C1O.Cl. The molecule has 1 aliphatic rings. The first kappa shape index (κ1) is 11.1. The summed E-state index contributed by atoms with van der Waals surface area (Å²) in [6.07, 6.45) is -2.70. The highest BCUT2D eigenvalue weighted by molar-refractivity contribution is 5.85. The van der Waals surface area contributed by atoms with Gasteiger partial charge < -0.3 is 20.6 Å². The maximum Gasteiger partial charge on any atom is 0.108 e. The van der Waals surface area contributed by atoms with E-state index in [4.69, 9.17) is 15.3 Å². The highest BCUT2D eigenvalue weighted by atomic mass is 35.5. The van der Waals surface area contributed by atoms with Crippen LogP contribution in [-0.2, 0) is 0 Å². The van der Waals surface area contributed by atoms with Gasteiger partial charge in [-0.05, 0) is 6.92 Å². The van der Waals surface area contributed by atoms with Crippen molar-refractivity contribution in [1.29, 1.82) is 0 Å². The molecule has 4 unspecified atom stereocenters. The van der Waals surface area contributed by atoms with Crippen LogP contribution in [-0.4, -0.2) is 46.2 Å². The molecule has 0 radical (unpaired) electrons. The molecule has 1 aliphatic heterocycles. The van der Waals surface area contributed by atoms with E-state index < -0.39 is 18.3 Å². The summed E-state index contributed by atoms with van der Waals surface area (Å²) in [7, 11) is 0. The quantitative estimate of drug-likeness (QED) is 0.368. The lowest BCUT2D eigenvalue weighted by atomic mass is 9.98. The van der Waals surface area contributed by atoms with Crippen LogP contribution in [0.15, 0.2) is 0 Å². The summed E-state index contributed by atoms with van der Waals surface area (Å²) in [5, 5.41) is 30.1. The second-order valence-corrected chi connectivity index (χ2v) is 2.75. The van der Waals surface area contributed by atoms with Crippen molar-refractivity contribution in [2.45, 2.75) is 31.3 Å². The van der Waals surface area contributed by atoms with Crippen molar-refractivity contribution < 1.29 is 15.3 Å². The lowest BCUT2D eigenvalue weighted by Crippen LogP contribution is -2.58. The summed E-state index contributed by atoms with van der Waals surface area (Å²) in [4.78, 5) is 0. The van der Waals surface area contributed by atoms with Crippen LogP contribution in [0.5, 0.6) is 0 Å². The molecule has 0 spiro atoms. The van der Waals surface area contributed by atoms with Gasteiger partial charge in [0.25, 0.3) is 0 Å². The Bertz CT molecular complexity index is 110. The van der Waals surface area contributed by atoms with Crippen LogP contribution >= 0.6 is 12.4 Å². The standard InChI is InChI=1S/C6H13NO3.ClH/c1-3-5(9)6(10)4(8)2-7-3;/h3-10H,2H2,1H3;1H. The number of hydrogen-bond acceptors (Lipinski definition) is 4. The van der Waals surface area contributed by atoms with Gasteiger partial charge in [-0.2, -0.15) is 0 Å². The lowest BCUT2D eigenvalue weighted by Gasteiger charge is -2.33. The number of β-amino-alcohol motifs (C(OH)–C–C–N with tert-alkyl or cyclic N) is 1. The zero-order chi connectivity index (χ0) is 7.72. The van der Waals surface area contributed by atoms with Gasteiger partial charge in [0.2, 0.25) is 0 Å². The lowest BCUT2D eigenvalue weighted by molar-refractivity contribution is -0.0910. The second kappa shape index (κ2) is 4.23. The predicted molar refractivity (Wildman–Crippen MR) is 42.7 cm³/mol. The van der Waals surface area contributed by atoms with Crippen molar-refractivity contribution in [2.75, 3.05) is 6.54 Å². The fraction of sp³-hybridized carbons (Fsp3) is 1.00. The van der Waals surface area contributed by atoms with E-state index in [1.54, 1.807) is 6.92 Å². The third kappa shape index (κ3) is 2.28. The van der Waals surface area contributed by atoms with Crippen LogP contribution in [0.3, 0.4) is 0 Å². The number of hydrogen-bond donors (Lipinski definition) is 4. The van der Waals surface area contributed by atoms with Crippen molar-refractivity contribution in [3.8, 4) is 0 Å². The molecular formula is C6H14ClNO3. The first-order valence-electron chi connectivity index (χ1n) is 3.40. The molecule has 0 aromatic carbocycles. The summed E-state index contributed by atoms with van der Waals surface area (Å²) < 4.78 is 0. The molecule has 1 heterocycles. The average Bonchev–Trinajstić information content (AvgIpc) is 1.93. The predicted octanol–water partition coefficient (Wildman–Crippen LogP) is -1.52. The zero-order valence-electron chi connectivity index (χ0n) is 6.27. The number of aliphatic hydroxyl groups is 3. The minimum atomic E-state index is -1.00. The molecule has 0 aromatic heterocycles. The van der Waals surface area contributed by atoms with E-state index in [0.29, 0.717) is 6.54 Å². The van der Waals surface area contributed by atoms with Crippen molar-refractivity contribution in [1.82, 2.24) is 5.32 Å². The van der Waals surface area contributed by atoms with E-state index in [2.05, 4.69) is 5.32 Å². The number of rotatable bonds is 0. The average molecular weight is 184 g/mol.